The zero-order chi connectivity index (χ0) is 19.8. The summed E-state index contributed by atoms with van der Waals surface area (Å²) in [5, 5.41) is 14.9. The van der Waals surface area contributed by atoms with Crippen LogP contribution in [0.25, 0.3) is 21.6 Å². The number of halogens is 1. The SMILES string of the molecule is CCn1ncc(Cl)c1CNC(=O)c1cc(-c2cccs2)nc2c1c(C)nn2C. The maximum absolute atomic E-state index is 13.1. The van der Waals surface area contributed by atoms with E-state index in [0.29, 0.717) is 29.3 Å². The molecule has 28 heavy (non-hydrogen) atoms. The average molecular weight is 415 g/mol. The fourth-order valence-corrected chi connectivity index (χ4v) is 4.16. The first-order valence-electron chi connectivity index (χ1n) is 8.86. The van der Waals surface area contributed by atoms with Gasteiger partial charge in [-0.1, -0.05) is 17.7 Å². The van der Waals surface area contributed by atoms with Gasteiger partial charge in [0.1, 0.15) is 0 Å². The highest BCUT2D eigenvalue weighted by molar-refractivity contribution is 7.13. The molecule has 1 amide bonds. The number of carbonyl (C=O) groups excluding carboxylic acids is 1. The Morgan fingerprint density at radius 1 is 1.39 bits per heavy atom. The van der Waals surface area contributed by atoms with Gasteiger partial charge in [-0.3, -0.25) is 14.2 Å². The number of rotatable bonds is 5. The van der Waals surface area contributed by atoms with Crippen LogP contribution in [0.4, 0.5) is 0 Å². The van der Waals surface area contributed by atoms with E-state index in [-0.39, 0.29) is 5.91 Å². The summed E-state index contributed by atoms with van der Waals surface area (Å²) in [4.78, 5) is 18.8. The molecule has 0 saturated heterocycles. The second kappa shape index (κ2) is 7.37. The molecule has 4 heterocycles. The molecule has 0 saturated carbocycles. The van der Waals surface area contributed by atoms with Gasteiger partial charge in [-0.15, -0.1) is 11.3 Å². The predicted octanol–water partition coefficient (Wildman–Crippen LogP) is 3.81. The molecule has 4 aromatic heterocycles. The van der Waals surface area contributed by atoms with Crippen molar-refractivity contribution in [3.05, 3.63) is 51.7 Å². The van der Waals surface area contributed by atoms with Crippen molar-refractivity contribution >= 4 is 39.9 Å². The highest BCUT2D eigenvalue weighted by Crippen LogP contribution is 2.29. The van der Waals surface area contributed by atoms with E-state index >= 15 is 0 Å². The lowest BCUT2D eigenvalue weighted by atomic mass is 10.1. The summed E-state index contributed by atoms with van der Waals surface area (Å²) in [5.74, 6) is -0.193. The number of hydrogen-bond acceptors (Lipinski definition) is 5. The number of nitrogens with zero attached hydrogens (tertiary/aromatic N) is 5. The smallest absolute Gasteiger partial charge is 0.252 e. The first-order valence-corrected chi connectivity index (χ1v) is 10.1. The number of nitrogens with one attached hydrogen (secondary N) is 1. The summed E-state index contributed by atoms with van der Waals surface area (Å²) in [7, 11) is 1.84. The molecular formula is C19H19ClN6OS. The van der Waals surface area contributed by atoms with Gasteiger partial charge in [0, 0.05) is 13.6 Å². The normalized spacial score (nSPS) is 11.3. The topological polar surface area (TPSA) is 77.6 Å². The van der Waals surface area contributed by atoms with E-state index in [4.69, 9.17) is 16.6 Å². The van der Waals surface area contributed by atoms with Gasteiger partial charge in [0.15, 0.2) is 5.65 Å². The molecular weight excluding hydrogens is 396 g/mol. The van der Waals surface area contributed by atoms with Crippen LogP contribution in [0, 0.1) is 6.92 Å². The molecule has 0 aliphatic rings. The van der Waals surface area contributed by atoms with E-state index in [9.17, 15) is 4.79 Å². The van der Waals surface area contributed by atoms with Crippen molar-refractivity contribution in [2.24, 2.45) is 7.05 Å². The van der Waals surface area contributed by atoms with E-state index in [2.05, 4.69) is 15.5 Å². The number of carbonyl (C=O) groups is 1. The van der Waals surface area contributed by atoms with Crippen molar-refractivity contribution in [1.82, 2.24) is 29.9 Å². The van der Waals surface area contributed by atoms with Gasteiger partial charge >= 0.3 is 0 Å². The molecule has 0 fully saturated rings. The first kappa shape index (κ1) is 18.6. The Morgan fingerprint density at radius 3 is 2.93 bits per heavy atom. The molecule has 0 atom stereocenters. The van der Waals surface area contributed by atoms with Crippen LogP contribution < -0.4 is 5.32 Å². The van der Waals surface area contributed by atoms with Gasteiger partial charge in [-0.25, -0.2) is 4.98 Å². The van der Waals surface area contributed by atoms with Crippen LogP contribution in [0.15, 0.2) is 29.8 Å². The first-order chi connectivity index (χ1) is 13.5. The third-order valence-electron chi connectivity index (χ3n) is 4.60. The summed E-state index contributed by atoms with van der Waals surface area (Å²) in [6.45, 7) is 4.84. The zero-order valence-corrected chi connectivity index (χ0v) is 17.3. The Morgan fingerprint density at radius 2 is 2.21 bits per heavy atom. The number of thiophene rings is 1. The molecule has 4 aromatic rings. The minimum absolute atomic E-state index is 0.193. The molecule has 7 nitrogen and oxygen atoms in total. The van der Waals surface area contributed by atoms with Crippen LogP contribution in [0.5, 0.6) is 0 Å². The number of pyridine rings is 1. The van der Waals surface area contributed by atoms with Crippen LogP contribution in [0.3, 0.4) is 0 Å². The van der Waals surface area contributed by atoms with Crippen molar-refractivity contribution in [3.8, 4) is 10.6 Å². The summed E-state index contributed by atoms with van der Waals surface area (Å²) >= 11 is 7.80. The minimum Gasteiger partial charge on any atom is -0.346 e. The molecule has 0 spiro atoms. The van der Waals surface area contributed by atoms with Crippen LogP contribution in [-0.4, -0.2) is 30.5 Å². The van der Waals surface area contributed by atoms with Gasteiger partial charge in [0.05, 0.1) is 50.7 Å². The van der Waals surface area contributed by atoms with E-state index in [0.717, 1.165) is 27.3 Å². The van der Waals surface area contributed by atoms with Crippen molar-refractivity contribution in [2.45, 2.75) is 26.9 Å². The lowest BCUT2D eigenvalue weighted by Gasteiger charge is -2.10. The summed E-state index contributed by atoms with van der Waals surface area (Å²) in [6, 6.07) is 5.79. The van der Waals surface area contributed by atoms with Gasteiger partial charge in [0.2, 0.25) is 0 Å². The standard InChI is InChI=1S/C19H19ClN6OS/c1-4-26-15(13(20)9-22-26)10-21-19(27)12-8-14(16-6-5-7-28-16)23-18-17(12)11(2)24-25(18)3/h5-9H,4,10H2,1-3H3,(H,21,27). The predicted molar refractivity (Wildman–Crippen MR) is 111 cm³/mol. The van der Waals surface area contributed by atoms with Crippen molar-refractivity contribution in [2.75, 3.05) is 0 Å². The minimum atomic E-state index is -0.193. The second-order valence-corrected chi connectivity index (χ2v) is 7.73. The van der Waals surface area contributed by atoms with Crippen molar-refractivity contribution in [3.63, 3.8) is 0 Å². The zero-order valence-electron chi connectivity index (χ0n) is 15.7. The van der Waals surface area contributed by atoms with Gasteiger partial charge in [0.25, 0.3) is 5.91 Å². The quantitative estimate of drug-likeness (QED) is 0.538. The third kappa shape index (κ3) is 3.18. The summed E-state index contributed by atoms with van der Waals surface area (Å²) in [6.07, 6.45) is 1.59. The monoisotopic (exact) mass is 414 g/mol. The Balaban J connectivity index is 1.74. The second-order valence-electron chi connectivity index (χ2n) is 6.38. The van der Waals surface area contributed by atoms with E-state index in [1.807, 2.05) is 44.5 Å². The van der Waals surface area contributed by atoms with Crippen LogP contribution in [0.1, 0.15) is 28.7 Å². The average Bonchev–Trinajstić information content (AvgIpc) is 3.40. The molecule has 0 bridgehead atoms. The Kier molecular flexibility index (Phi) is 4.91. The fourth-order valence-electron chi connectivity index (χ4n) is 3.27. The molecule has 0 aliphatic heterocycles. The Labute approximate surface area is 171 Å². The van der Waals surface area contributed by atoms with Crippen LogP contribution >= 0.6 is 22.9 Å². The Hall–Kier alpha value is -2.71. The molecule has 1 N–H and O–H groups in total. The van der Waals surface area contributed by atoms with Crippen LogP contribution in [0.2, 0.25) is 5.02 Å². The van der Waals surface area contributed by atoms with Gasteiger partial charge < -0.3 is 5.32 Å². The number of aromatic nitrogens is 5. The molecule has 4 rings (SSSR count). The van der Waals surface area contributed by atoms with Crippen molar-refractivity contribution in [1.29, 1.82) is 0 Å². The maximum atomic E-state index is 13.1. The lowest BCUT2D eigenvalue weighted by Crippen LogP contribution is -2.25. The lowest BCUT2D eigenvalue weighted by molar-refractivity contribution is 0.0951. The fraction of sp³-hybridized carbons (Fsp3) is 0.263. The molecule has 0 aliphatic carbocycles. The number of aryl methyl sites for hydroxylation is 3. The van der Waals surface area contributed by atoms with E-state index < -0.39 is 0 Å². The third-order valence-corrected chi connectivity index (χ3v) is 5.81. The van der Waals surface area contributed by atoms with Crippen LogP contribution in [-0.2, 0) is 20.1 Å². The van der Waals surface area contributed by atoms with Gasteiger partial charge in [-0.05, 0) is 31.4 Å². The molecule has 0 aromatic carbocycles. The van der Waals surface area contributed by atoms with Crippen molar-refractivity contribution < 1.29 is 4.79 Å². The van der Waals surface area contributed by atoms with E-state index in [1.165, 1.54) is 0 Å². The number of hydrogen-bond donors (Lipinski definition) is 1. The highest BCUT2D eigenvalue weighted by atomic mass is 35.5. The molecule has 0 unspecified atom stereocenters. The molecule has 9 heteroatoms. The number of fused-ring (bicyclic) bond motifs is 1. The van der Waals surface area contributed by atoms with Gasteiger partial charge in [-0.2, -0.15) is 10.2 Å². The number of amides is 1. The summed E-state index contributed by atoms with van der Waals surface area (Å²) < 4.78 is 3.48. The summed E-state index contributed by atoms with van der Waals surface area (Å²) in [5.41, 5.74) is 3.55. The van der Waals surface area contributed by atoms with E-state index in [1.54, 1.807) is 26.9 Å². The Bertz CT molecular complexity index is 1160. The highest BCUT2D eigenvalue weighted by Gasteiger charge is 2.20. The molecule has 144 valence electrons. The maximum Gasteiger partial charge on any atom is 0.252 e. The largest absolute Gasteiger partial charge is 0.346 e. The molecule has 0 radical (unpaired) electrons.